The average Bonchev–Trinajstić information content (AvgIpc) is 3.03. The zero-order valence-corrected chi connectivity index (χ0v) is 14.5. The normalized spacial score (nSPS) is 10.5. The highest BCUT2D eigenvalue weighted by Gasteiger charge is 2.04. The van der Waals surface area contributed by atoms with E-state index in [1.807, 2.05) is 0 Å². The highest BCUT2D eigenvalue weighted by atomic mass is 16.6. The first-order valence-electron chi connectivity index (χ1n) is 8.42. The smallest absolute Gasteiger partial charge is 0.238 e. The van der Waals surface area contributed by atoms with E-state index in [0.717, 1.165) is 19.3 Å². The summed E-state index contributed by atoms with van der Waals surface area (Å²) in [6.45, 7) is 1.47. The molecule has 4 N–H and O–H groups in total. The van der Waals surface area contributed by atoms with Crippen molar-refractivity contribution >= 4 is 6.08 Å². The van der Waals surface area contributed by atoms with Gasteiger partial charge in [0.05, 0.1) is 17.4 Å². The van der Waals surface area contributed by atoms with Crippen LogP contribution in [0.3, 0.4) is 0 Å². The summed E-state index contributed by atoms with van der Waals surface area (Å²) >= 11 is 0. The van der Waals surface area contributed by atoms with Gasteiger partial charge in [-0.1, -0.05) is 25.7 Å². The summed E-state index contributed by atoms with van der Waals surface area (Å²) in [5, 5.41) is 20.0. The van der Waals surface area contributed by atoms with Crippen molar-refractivity contribution < 1.29 is 14.3 Å². The minimum Gasteiger partial charge on any atom is -0.461 e. The van der Waals surface area contributed by atoms with E-state index in [0.29, 0.717) is 11.5 Å². The van der Waals surface area contributed by atoms with Crippen LogP contribution >= 0.6 is 0 Å². The molecule has 1 aromatic rings. The van der Waals surface area contributed by atoms with Gasteiger partial charge < -0.3 is 15.9 Å². The van der Waals surface area contributed by atoms with Gasteiger partial charge in [0.25, 0.3) is 0 Å². The van der Waals surface area contributed by atoms with Crippen LogP contribution in [0.25, 0.3) is 6.08 Å². The topological polar surface area (TPSA) is 151 Å². The molecule has 0 unspecified atom stereocenters. The first kappa shape index (κ1) is 22.7. The Labute approximate surface area is 147 Å². The maximum Gasteiger partial charge on any atom is 0.238 e. The minimum atomic E-state index is -0.612. The van der Waals surface area contributed by atoms with Crippen LogP contribution in [-0.2, 0) is 6.42 Å². The van der Waals surface area contributed by atoms with Crippen molar-refractivity contribution in [3.63, 3.8) is 0 Å². The Kier molecular flexibility index (Phi) is 13.9. The van der Waals surface area contributed by atoms with E-state index in [1.54, 1.807) is 6.07 Å². The van der Waals surface area contributed by atoms with Gasteiger partial charge in [-0.2, -0.15) is 0 Å². The SMILES string of the molecule is NCCCCCCCCN.O=[N+]([O-])/C=C/c1ccc(CC[N+](=O)[O-])o1. The van der Waals surface area contributed by atoms with Crippen LogP contribution < -0.4 is 11.5 Å². The van der Waals surface area contributed by atoms with Gasteiger partial charge in [0, 0.05) is 4.92 Å². The molecule has 0 fully saturated rings. The van der Waals surface area contributed by atoms with E-state index in [2.05, 4.69) is 0 Å². The fourth-order valence-corrected chi connectivity index (χ4v) is 1.95. The van der Waals surface area contributed by atoms with Gasteiger partial charge in [0.15, 0.2) is 0 Å². The number of nitrogens with zero attached hydrogens (tertiary/aromatic N) is 2. The van der Waals surface area contributed by atoms with Crippen molar-refractivity contribution in [2.75, 3.05) is 19.6 Å². The standard InChI is InChI=1S/C8H8N2O5.C8H20N2/c11-9(12)5-3-7-1-2-8(15-7)4-6-10(13)14;9-7-5-3-1-2-4-6-8-10/h1-3,5H,4,6H2;1-10H2/b5-3+;. The lowest BCUT2D eigenvalue weighted by atomic mass is 10.1. The monoisotopic (exact) mass is 356 g/mol. The molecule has 0 aliphatic rings. The van der Waals surface area contributed by atoms with Crippen molar-refractivity contribution in [2.24, 2.45) is 11.5 Å². The van der Waals surface area contributed by atoms with Gasteiger partial charge in [0.2, 0.25) is 12.7 Å². The Hall–Kier alpha value is -2.26. The number of furan rings is 1. The number of nitrogens with two attached hydrogens (primary N) is 2. The summed E-state index contributed by atoms with van der Waals surface area (Å²) < 4.78 is 5.09. The first-order chi connectivity index (χ1) is 12.0. The van der Waals surface area contributed by atoms with Gasteiger partial charge in [-0.25, -0.2) is 0 Å². The molecule has 0 bridgehead atoms. The van der Waals surface area contributed by atoms with Crippen LogP contribution in [0.5, 0.6) is 0 Å². The minimum absolute atomic E-state index is 0.180. The lowest BCUT2D eigenvalue weighted by Crippen LogP contribution is -2.02. The second-order valence-electron chi connectivity index (χ2n) is 5.41. The van der Waals surface area contributed by atoms with Crippen LogP contribution in [0.15, 0.2) is 22.7 Å². The molecule has 1 rings (SSSR count). The van der Waals surface area contributed by atoms with E-state index in [9.17, 15) is 20.2 Å². The molecule has 0 aliphatic heterocycles. The van der Waals surface area contributed by atoms with Gasteiger partial charge in [-0.3, -0.25) is 20.2 Å². The number of rotatable bonds is 12. The molecule has 0 amide bonds. The molecule has 1 aromatic heterocycles. The Morgan fingerprint density at radius 2 is 1.52 bits per heavy atom. The van der Waals surface area contributed by atoms with Crippen molar-refractivity contribution in [1.29, 1.82) is 0 Å². The van der Waals surface area contributed by atoms with E-state index >= 15 is 0 Å². The predicted molar refractivity (Wildman–Crippen MR) is 96.1 cm³/mol. The molecule has 0 saturated heterocycles. The number of nitro groups is 2. The van der Waals surface area contributed by atoms with Gasteiger partial charge in [0.1, 0.15) is 11.5 Å². The molecule has 0 radical (unpaired) electrons. The van der Waals surface area contributed by atoms with Crippen molar-refractivity contribution in [3.8, 4) is 0 Å². The summed E-state index contributed by atoms with van der Waals surface area (Å²) in [5.74, 6) is 0.750. The van der Waals surface area contributed by atoms with E-state index in [-0.39, 0.29) is 13.0 Å². The quantitative estimate of drug-likeness (QED) is 0.331. The Bertz CT molecular complexity index is 508. The number of hydrogen-bond acceptors (Lipinski definition) is 7. The second kappa shape index (κ2) is 15.3. The number of unbranched alkanes of at least 4 members (excludes halogenated alkanes) is 5. The van der Waals surface area contributed by atoms with Crippen molar-refractivity contribution in [1.82, 2.24) is 0 Å². The second-order valence-corrected chi connectivity index (χ2v) is 5.41. The fourth-order valence-electron chi connectivity index (χ4n) is 1.95. The van der Waals surface area contributed by atoms with Gasteiger partial charge in [-0.15, -0.1) is 0 Å². The summed E-state index contributed by atoms with van der Waals surface area (Å²) in [4.78, 5) is 19.0. The van der Waals surface area contributed by atoms with Crippen LogP contribution in [0.1, 0.15) is 50.0 Å². The molecule has 0 aromatic carbocycles. The highest BCUT2D eigenvalue weighted by molar-refractivity contribution is 5.41. The molecule has 9 heteroatoms. The van der Waals surface area contributed by atoms with E-state index in [1.165, 1.54) is 50.7 Å². The van der Waals surface area contributed by atoms with Crippen LogP contribution in [0, 0.1) is 20.2 Å². The third kappa shape index (κ3) is 15.0. The third-order valence-corrected chi connectivity index (χ3v) is 3.24. The molecule has 9 nitrogen and oxygen atoms in total. The van der Waals surface area contributed by atoms with Crippen molar-refractivity contribution in [2.45, 2.75) is 44.9 Å². The molecule has 142 valence electrons. The zero-order chi connectivity index (χ0) is 18.9. The Balaban J connectivity index is 0.000000504. The van der Waals surface area contributed by atoms with Crippen LogP contribution in [-0.4, -0.2) is 29.5 Å². The first-order valence-corrected chi connectivity index (χ1v) is 8.42. The molecule has 1 heterocycles. The molecule has 0 atom stereocenters. The van der Waals surface area contributed by atoms with E-state index < -0.39 is 9.85 Å². The maximum atomic E-state index is 10.1. The third-order valence-electron chi connectivity index (χ3n) is 3.24. The summed E-state index contributed by atoms with van der Waals surface area (Å²) in [6.07, 6.45) is 9.73. The molecular weight excluding hydrogens is 328 g/mol. The lowest BCUT2D eigenvalue weighted by molar-refractivity contribution is -0.479. The lowest BCUT2D eigenvalue weighted by Gasteiger charge is -1.97. The predicted octanol–water partition coefficient (Wildman–Crippen LogP) is 2.59. The largest absolute Gasteiger partial charge is 0.461 e. The van der Waals surface area contributed by atoms with Crippen molar-refractivity contribution in [3.05, 3.63) is 50.1 Å². The van der Waals surface area contributed by atoms with Crippen LogP contribution in [0.2, 0.25) is 0 Å². The Morgan fingerprint density at radius 3 is 2.00 bits per heavy atom. The fraction of sp³-hybridized carbons (Fsp3) is 0.625. The molecular formula is C16H28N4O5. The maximum absolute atomic E-state index is 10.1. The highest BCUT2D eigenvalue weighted by Crippen LogP contribution is 2.10. The molecule has 0 spiro atoms. The number of hydrogen-bond donors (Lipinski definition) is 2. The van der Waals surface area contributed by atoms with Crippen LogP contribution in [0.4, 0.5) is 0 Å². The summed E-state index contributed by atoms with van der Waals surface area (Å²) in [5.41, 5.74) is 10.7. The Morgan fingerprint density at radius 1 is 0.960 bits per heavy atom. The zero-order valence-electron chi connectivity index (χ0n) is 14.5. The van der Waals surface area contributed by atoms with Gasteiger partial charge in [-0.05, 0) is 38.1 Å². The summed E-state index contributed by atoms with van der Waals surface area (Å²) in [6, 6.07) is 3.08. The summed E-state index contributed by atoms with van der Waals surface area (Å²) in [7, 11) is 0. The average molecular weight is 356 g/mol. The molecule has 25 heavy (non-hydrogen) atoms. The van der Waals surface area contributed by atoms with E-state index in [4.69, 9.17) is 15.9 Å². The molecule has 0 aliphatic carbocycles. The van der Waals surface area contributed by atoms with Gasteiger partial charge >= 0.3 is 0 Å². The molecule has 0 saturated carbocycles.